The van der Waals surface area contributed by atoms with Crippen LogP contribution in [0.15, 0.2) is 24.3 Å². The highest BCUT2D eigenvalue weighted by molar-refractivity contribution is 5.47. The predicted octanol–water partition coefficient (Wildman–Crippen LogP) is 2.46. The Kier molecular flexibility index (Phi) is 4.81. The van der Waals surface area contributed by atoms with Gasteiger partial charge in [0.25, 0.3) is 0 Å². The van der Waals surface area contributed by atoms with Crippen molar-refractivity contribution in [3.63, 3.8) is 0 Å². The third-order valence-corrected chi connectivity index (χ3v) is 5.13. The first-order valence-corrected chi connectivity index (χ1v) is 8.43. The summed E-state index contributed by atoms with van der Waals surface area (Å²) in [6.07, 6.45) is 2.69. The highest BCUT2D eigenvalue weighted by atomic mass is 15.2. The molecule has 116 valence electrons. The van der Waals surface area contributed by atoms with Crippen molar-refractivity contribution >= 4 is 5.69 Å². The molecular weight excluding hydrogens is 258 g/mol. The summed E-state index contributed by atoms with van der Waals surface area (Å²) in [5.41, 5.74) is 2.75. The lowest BCUT2D eigenvalue weighted by atomic mass is 9.95. The van der Waals surface area contributed by atoms with Gasteiger partial charge in [0.15, 0.2) is 0 Å². The van der Waals surface area contributed by atoms with Crippen LogP contribution in [0.3, 0.4) is 0 Å². The van der Waals surface area contributed by atoms with E-state index in [0.717, 1.165) is 5.92 Å². The molecule has 0 saturated carbocycles. The molecule has 1 aromatic carbocycles. The highest BCUT2D eigenvalue weighted by Crippen LogP contribution is 2.24. The monoisotopic (exact) mass is 287 g/mol. The van der Waals surface area contributed by atoms with Crippen LogP contribution in [0, 0.1) is 12.8 Å². The van der Waals surface area contributed by atoms with E-state index in [-0.39, 0.29) is 0 Å². The zero-order valence-electron chi connectivity index (χ0n) is 13.6. The molecular formula is C18H29N3. The molecule has 2 saturated heterocycles. The normalized spacial score (nSPS) is 22.7. The maximum absolute atomic E-state index is 2.67. The summed E-state index contributed by atoms with van der Waals surface area (Å²) in [5.74, 6) is 0.898. The Morgan fingerprint density at radius 3 is 2.14 bits per heavy atom. The first-order valence-electron chi connectivity index (χ1n) is 8.43. The minimum Gasteiger partial charge on any atom is -0.372 e. The number of piperidine rings is 1. The molecule has 0 unspecified atom stereocenters. The van der Waals surface area contributed by atoms with Crippen molar-refractivity contribution in [2.45, 2.75) is 19.8 Å². The molecule has 2 aliphatic rings. The molecule has 0 amide bonds. The van der Waals surface area contributed by atoms with Crippen LogP contribution in [0.1, 0.15) is 18.4 Å². The molecule has 2 aliphatic heterocycles. The Morgan fingerprint density at radius 1 is 0.905 bits per heavy atom. The zero-order valence-corrected chi connectivity index (χ0v) is 13.6. The van der Waals surface area contributed by atoms with Crippen LogP contribution in [-0.4, -0.2) is 62.7 Å². The molecule has 2 heterocycles. The molecule has 2 fully saturated rings. The lowest BCUT2D eigenvalue weighted by Crippen LogP contribution is -2.47. The average molecular weight is 287 g/mol. The van der Waals surface area contributed by atoms with Crippen LogP contribution in [0.4, 0.5) is 5.69 Å². The van der Waals surface area contributed by atoms with E-state index in [0.29, 0.717) is 0 Å². The Morgan fingerprint density at radius 2 is 1.52 bits per heavy atom. The molecule has 0 spiro atoms. The molecule has 0 aliphatic carbocycles. The molecule has 0 N–H and O–H groups in total. The van der Waals surface area contributed by atoms with Crippen molar-refractivity contribution in [1.82, 2.24) is 9.80 Å². The summed E-state index contributed by atoms with van der Waals surface area (Å²) in [6.45, 7) is 10.9. The van der Waals surface area contributed by atoms with E-state index in [2.05, 4.69) is 52.9 Å². The number of rotatable bonds is 3. The van der Waals surface area contributed by atoms with Crippen molar-refractivity contribution in [2.75, 3.05) is 57.8 Å². The minimum atomic E-state index is 0.898. The van der Waals surface area contributed by atoms with Gasteiger partial charge >= 0.3 is 0 Å². The van der Waals surface area contributed by atoms with Crippen LogP contribution >= 0.6 is 0 Å². The fourth-order valence-electron chi connectivity index (χ4n) is 3.52. The van der Waals surface area contributed by atoms with Crippen LogP contribution in [0.2, 0.25) is 0 Å². The van der Waals surface area contributed by atoms with E-state index in [9.17, 15) is 0 Å². The largest absolute Gasteiger partial charge is 0.372 e. The van der Waals surface area contributed by atoms with E-state index in [1.165, 1.54) is 69.9 Å². The van der Waals surface area contributed by atoms with Gasteiger partial charge in [-0.2, -0.15) is 0 Å². The number of anilines is 1. The van der Waals surface area contributed by atoms with Gasteiger partial charge in [0.1, 0.15) is 0 Å². The summed E-state index contributed by atoms with van der Waals surface area (Å²) in [7, 11) is 2.23. The molecule has 0 radical (unpaired) electrons. The number of aryl methyl sites for hydroxylation is 1. The predicted molar refractivity (Wildman–Crippen MR) is 90.1 cm³/mol. The Hall–Kier alpha value is -1.06. The van der Waals surface area contributed by atoms with Crippen molar-refractivity contribution in [2.24, 2.45) is 5.92 Å². The molecule has 1 aromatic rings. The number of piperazine rings is 1. The zero-order chi connectivity index (χ0) is 14.7. The summed E-state index contributed by atoms with van der Waals surface area (Å²) >= 11 is 0. The van der Waals surface area contributed by atoms with Crippen LogP contribution in [0.5, 0.6) is 0 Å². The smallest absolute Gasteiger partial charge is 0.0366 e. The standard InChI is InChI=1S/C18H29N3/c1-16-3-5-18(6-4-16)21-9-7-17(8-10-21)15-20-13-11-19(2)12-14-20/h3-6,17H,7-15H2,1-2H3. The minimum absolute atomic E-state index is 0.898. The van der Waals surface area contributed by atoms with E-state index in [1.54, 1.807) is 0 Å². The number of benzene rings is 1. The fraction of sp³-hybridized carbons (Fsp3) is 0.667. The van der Waals surface area contributed by atoms with Gasteiger partial charge in [-0.15, -0.1) is 0 Å². The van der Waals surface area contributed by atoms with Gasteiger partial charge < -0.3 is 14.7 Å². The van der Waals surface area contributed by atoms with Gasteiger partial charge in [0.05, 0.1) is 0 Å². The first-order chi connectivity index (χ1) is 10.2. The Balaban J connectivity index is 1.45. The van der Waals surface area contributed by atoms with E-state index in [4.69, 9.17) is 0 Å². The van der Waals surface area contributed by atoms with E-state index < -0.39 is 0 Å². The highest BCUT2D eigenvalue weighted by Gasteiger charge is 2.23. The second kappa shape index (κ2) is 6.80. The Bertz CT molecular complexity index is 426. The van der Waals surface area contributed by atoms with Gasteiger partial charge in [0, 0.05) is 51.5 Å². The number of hydrogen-bond acceptors (Lipinski definition) is 3. The first kappa shape index (κ1) is 14.9. The van der Waals surface area contributed by atoms with Gasteiger partial charge in [0.2, 0.25) is 0 Å². The number of nitrogens with zero attached hydrogens (tertiary/aromatic N) is 3. The van der Waals surface area contributed by atoms with Gasteiger partial charge in [-0.25, -0.2) is 0 Å². The second-order valence-electron chi connectivity index (χ2n) is 6.87. The topological polar surface area (TPSA) is 9.72 Å². The summed E-state index contributed by atoms with van der Waals surface area (Å²) in [5, 5.41) is 0. The maximum Gasteiger partial charge on any atom is 0.0366 e. The van der Waals surface area contributed by atoms with Gasteiger partial charge in [-0.3, -0.25) is 0 Å². The van der Waals surface area contributed by atoms with Crippen molar-refractivity contribution in [3.8, 4) is 0 Å². The molecule has 0 bridgehead atoms. The summed E-state index contributed by atoms with van der Waals surface area (Å²) < 4.78 is 0. The van der Waals surface area contributed by atoms with Crippen molar-refractivity contribution in [1.29, 1.82) is 0 Å². The number of likely N-dealkylation sites (N-methyl/N-ethyl adjacent to an activating group) is 1. The summed E-state index contributed by atoms with van der Waals surface area (Å²) in [6, 6.07) is 9.00. The lowest BCUT2D eigenvalue weighted by molar-refractivity contribution is 0.129. The molecule has 3 rings (SSSR count). The van der Waals surface area contributed by atoms with E-state index >= 15 is 0 Å². The molecule has 0 atom stereocenters. The average Bonchev–Trinajstić information content (AvgIpc) is 2.51. The molecule has 21 heavy (non-hydrogen) atoms. The maximum atomic E-state index is 2.67. The third-order valence-electron chi connectivity index (χ3n) is 5.13. The SMILES string of the molecule is Cc1ccc(N2CCC(CN3CCN(C)CC3)CC2)cc1. The van der Waals surface area contributed by atoms with Crippen molar-refractivity contribution < 1.29 is 0 Å². The number of hydrogen-bond donors (Lipinski definition) is 0. The molecule has 3 heteroatoms. The van der Waals surface area contributed by atoms with Gasteiger partial charge in [-0.05, 0) is 44.9 Å². The third kappa shape index (κ3) is 3.98. The Labute approximate surface area is 129 Å². The fourth-order valence-corrected chi connectivity index (χ4v) is 3.52. The van der Waals surface area contributed by atoms with E-state index in [1.807, 2.05) is 0 Å². The van der Waals surface area contributed by atoms with Crippen molar-refractivity contribution in [3.05, 3.63) is 29.8 Å². The van der Waals surface area contributed by atoms with Crippen LogP contribution < -0.4 is 4.90 Å². The molecule has 3 nitrogen and oxygen atoms in total. The van der Waals surface area contributed by atoms with Crippen LogP contribution in [0.25, 0.3) is 0 Å². The summed E-state index contributed by atoms with van der Waals surface area (Å²) in [4.78, 5) is 7.67. The van der Waals surface area contributed by atoms with Crippen LogP contribution in [-0.2, 0) is 0 Å². The molecule has 0 aromatic heterocycles. The quantitative estimate of drug-likeness (QED) is 0.845. The second-order valence-corrected chi connectivity index (χ2v) is 6.87. The lowest BCUT2D eigenvalue weighted by Gasteiger charge is -2.38. The van der Waals surface area contributed by atoms with Gasteiger partial charge in [-0.1, -0.05) is 17.7 Å².